The summed E-state index contributed by atoms with van der Waals surface area (Å²) in [4.78, 5) is 9.81. The smallest absolute Gasteiger partial charge is 0.0931 e. The fourth-order valence-corrected chi connectivity index (χ4v) is 2.31. The molecular formula is C15H24N4. The minimum Gasteiger partial charge on any atom is -0.345 e. The highest BCUT2D eigenvalue weighted by Gasteiger charge is 2.21. The van der Waals surface area contributed by atoms with E-state index in [4.69, 9.17) is 0 Å². The van der Waals surface area contributed by atoms with Crippen LogP contribution in [0.3, 0.4) is 0 Å². The van der Waals surface area contributed by atoms with Gasteiger partial charge in [0.2, 0.25) is 0 Å². The number of imidazole rings is 1. The number of likely N-dealkylation sites (N-methyl/N-ethyl adjacent to an activating group) is 2. The second-order valence-electron chi connectivity index (χ2n) is 5.77. The lowest BCUT2D eigenvalue weighted by Gasteiger charge is -2.35. The standard InChI is InChI=1S/C15H24N4/c1-15(2,10-16-3)19(4)8-7-12-5-6-13-14(9-12)18-11-17-13/h5-6,9,11,16H,7-8,10H2,1-4H3,(H,17,18). The second-order valence-corrected chi connectivity index (χ2v) is 5.77. The molecule has 0 bridgehead atoms. The second kappa shape index (κ2) is 5.72. The first-order valence-corrected chi connectivity index (χ1v) is 6.81. The number of nitrogens with one attached hydrogen (secondary N) is 2. The number of fused-ring (bicyclic) bond motifs is 1. The van der Waals surface area contributed by atoms with Crippen molar-refractivity contribution in [1.29, 1.82) is 0 Å². The highest BCUT2D eigenvalue weighted by molar-refractivity contribution is 5.75. The molecule has 0 amide bonds. The molecule has 0 unspecified atom stereocenters. The average Bonchev–Trinajstić information content (AvgIpc) is 2.83. The summed E-state index contributed by atoms with van der Waals surface area (Å²) in [5, 5.41) is 3.25. The number of benzene rings is 1. The fraction of sp³-hybridized carbons (Fsp3) is 0.533. The number of H-pyrrole nitrogens is 1. The van der Waals surface area contributed by atoms with E-state index in [1.54, 1.807) is 6.33 Å². The molecule has 1 aromatic heterocycles. The number of aromatic amines is 1. The predicted molar refractivity (Wildman–Crippen MR) is 80.4 cm³/mol. The molecule has 0 radical (unpaired) electrons. The van der Waals surface area contributed by atoms with Gasteiger partial charge in [0.15, 0.2) is 0 Å². The average molecular weight is 260 g/mol. The van der Waals surface area contributed by atoms with Crippen LogP contribution in [0.5, 0.6) is 0 Å². The van der Waals surface area contributed by atoms with E-state index in [-0.39, 0.29) is 5.54 Å². The third-order valence-electron chi connectivity index (χ3n) is 3.86. The van der Waals surface area contributed by atoms with Crippen LogP contribution in [0.4, 0.5) is 0 Å². The monoisotopic (exact) mass is 260 g/mol. The van der Waals surface area contributed by atoms with E-state index in [9.17, 15) is 0 Å². The van der Waals surface area contributed by atoms with E-state index in [1.807, 2.05) is 7.05 Å². The third kappa shape index (κ3) is 3.33. The molecule has 2 aromatic rings. The number of nitrogens with zero attached hydrogens (tertiary/aromatic N) is 2. The minimum atomic E-state index is 0.173. The van der Waals surface area contributed by atoms with Gasteiger partial charge in [-0.15, -0.1) is 0 Å². The van der Waals surface area contributed by atoms with Gasteiger partial charge in [-0.3, -0.25) is 4.90 Å². The highest BCUT2D eigenvalue weighted by Crippen LogP contribution is 2.15. The van der Waals surface area contributed by atoms with Crippen molar-refractivity contribution in [2.45, 2.75) is 25.8 Å². The van der Waals surface area contributed by atoms with Crippen molar-refractivity contribution < 1.29 is 0 Å². The van der Waals surface area contributed by atoms with Crippen molar-refractivity contribution in [3.8, 4) is 0 Å². The quantitative estimate of drug-likeness (QED) is 0.835. The first-order valence-electron chi connectivity index (χ1n) is 6.81. The summed E-state index contributed by atoms with van der Waals surface area (Å²) in [7, 11) is 4.19. The zero-order chi connectivity index (χ0) is 13.9. The molecule has 4 heteroatoms. The van der Waals surface area contributed by atoms with Gasteiger partial charge >= 0.3 is 0 Å². The van der Waals surface area contributed by atoms with Gasteiger partial charge in [0.05, 0.1) is 17.4 Å². The van der Waals surface area contributed by atoms with E-state index in [0.29, 0.717) is 0 Å². The van der Waals surface area contributed by atoms with Crippen molar-refractivity contribution in [2.24, 2.45) is 0 Å². The number of hydrogen-bond donors (Lipinski definition) is 2. The van der Waals surface area contributed by atoms with Crippen LogP contribution in [-0.2, 0) is 6.42 Å². The molecular weight excluding hydrogens is 236 g/mol. The van der Waals surface area contributed by atoms with Crippen molar-refractivity contribution in [3.05, 3.63) is 30.1 Å². The van der Waals surface area contributed by atoms with Crippen LogP contribution < -0.4 is 5.32 Å². The Morgan fingerprint density at radius 2 is 2.16 bits per heavy atom. The van der Waals surface area contributed by atoms with Crippen molar-refractivity contribution in [3.63, 3.8) is 0 Å². The van der Waals surface area contributed by atoms with Gasteiger partial charge in [0.25, 0.3) is 0 Å². The Morgan fingerprint density at radius 3 is 2.89 bits per heavy atom. The van der Waals surface area contributed by atoms with Gasteiger partial charge in [0.1, 0.15) is 0 Å². The minimum absolute atomic E-state index is 0.173. The maximum Gasteiger partial charge on any atom is 0.0931 e. The zero-order valence-electron chi connectivity index (χ0n) is 12.3. The first kappa shape index (κ1) is 14.0. The van der Waals surface area contributed by atoms with Gasteiger partial charge in [-0.2, -0.15) is 0 Å². The molecule has 0 aliphatic rings. The van der Waals surface area contributed by atoms with Crippen LogP contribution in [-0.4, -0.2) is 47.6 Å². The summed E-state index contributed by atoms with van der Waals surface area (Å²) in [6.45, 7) is 6.57. The number of aromatic nitrogens is 2. The first-order chi connectivity index (χ1) is 9.03. The maximum absolute atomic E-state index is 4.24. The summed E-state index contributed by atoms with van der Waals surface area (Å²) in [5.41, 5.74) is 3.68. The van der Waals surface area contributed by atoms with E-state index in [2.05, 4.69) is 59.3 Å². The Kier molecular flexibility index (Phi) is 4.22. The molecule has 0 atom stereocenters. The van der Waals surface area contributed by atoms with E-state index >= 15 is 0 Å². The van der Waals surface area contributed by atoms with E-state index in [0.717, 1.165) is 30.5 Å². The van der Waals surface area contributed by atoms with Crippen molar-refractivity contribution in [2.75, 3.05) is 27.2 Å². The lowest BCUT2D eigenvalue weighted by atomic mass is 10.0. The molecule has 2 rings (SSSR count). The lowest BCUT2D eigenvalue weighted by Crippen LogP contribution is -2.48. The molecule has 104 valence electrons. The molecule has 2 N–H and O–H groups in total. The topological polar surface area (TPSA) is 44.0 Å². The molecule has 0 fully saturated rings. The van der Waals surface area contributed by atoms with Gasteiger partial charge in [0, 0.05) is 18.6 Å². The van der Waals surface area contributed by atoms with Crippen molar-refractivity contribution in [1.82, 2.24) is 20.2 Å². The zero-order valence-corrected chi connectivity index (χ0v) is 12.3. The fourth-order valence-electron chi connectivity index (χ4n) is 2.31. The molecule has 1 heterocycles. The largest absolute Gasteiger partial charge is 0.345 e. The van der Waals surface area contributed by atoms with E-state index in [1.165, 1.54) is 5.56 Å². The Morgan fingerprint density at radius 1 is 1.37 bits per heavy atom. The highest BCUT2D eigenvalue weighted by atomic mass is 15.2. The normalized spacial score (nSPS) is 12.5. The SMILES string of the molecule is CNCC(C)(C)N(C)CCc1ccc2nc[nH]c2c1. The predicted octanol–water partition coefficient (Wildman–Crippen LogP) is 2.04. The Hall–Kier alpha value is -1.39. The number of hydrogen-bond acceptors (Lipinski definition) is 3. The molecule has 0 saturated carbocycles. The van der Waals surface area contributed by atoms with Gasteiger partial charge in [-0.1, -0.05) is 6.07 Å². The van der Waals surface area contributed by atoms with Crippen LogP contribution in [0.1, 0.15) is 19.4 Å². The van der Waals surface area contributed by atoms with Crippen molar-refractivity contribution >= 4 is 11.0 Å². The van der Waals surface area contributed by atoms with Crippen LogP contribution >= 0.6 is 0 Å². The molecule has 4 nitrogen and oxygen atoms in total. The van der Waals surface area contributed by atoms with Crippen LogP contribution in [0, 0.1) is 0 Å². The molecule has 0 spiro atoms. The van der Waals surface area contributed by atoms with Crippen LogP contribution in [0.25, 0.3) is 11.0 Å². The third-order valence-corrected chi connectivity index (χ3v) is 3.86. The summed E-state index contributed by atoms with van der Waals surface area (Å²) in [6, 6.07) is 6.45. The Balaban J connectivity index is 1.97. The Labute approximate surface area is 115 Å². The van der Waals surface area contributed by atoms with E-state index < -0.39 is 0 Å². The van der Waals surface area contributed by atoms with Gasteiger partial charge in [-0.25, -0.2) is 4.98 Å². The molecule has 19 heavy (non-hydrogen) atoms. The molecule has 1 aromatic carbocycles. The summed E-state index contributed by atoms with van der Waals surface area (Å²) >= 11 is 0. The lowest BCUT2D eigenvalue weighted by molar-refractivity contribution is 0.157. The summed E-state index contributed by atoms with van der Waals surface area (Å²) in [5.74, 6) is 0. The van der Waals surface area contributed by atoms with Crippen LogP contribution in [0.2, 0.25) is 0 Å². The van der Waals surface area contributed by atoms with Crippen LogP contribution in [0.15, 0.2) is 24.5 Å². The summed E-state index contributed by atoms with van der Waals surface area (Å²) < 4.78 is 0. The Bertz CT molecular complexity index is 530. The molecule has 0 saturated heterocycles. The molecule has 0 aliphatic carbocycles. The van der Waals surface area contributed by atoms with Gasteiger partial charge in [-0.05, 0) is 52.1 Å². The maximum atomic E-state index is 4.24. The number of rotatable bonds is 6. The molecule has 0 aliphatic heterocycles. The summed E-state index contributed by atoms with van der Waals surface area (Å²) in [6.07, 6.45) is 2.80. The van der Waals surface area contributed by atoms with Gasteiger partial charge < -0.3 is 10.3 Å².